The minimum Gasteiger partial charge on any atom is -0.477 e. The summed E-state index contributed by atoms with van der Waals surface area (Å²) in [6, 6.07) is 1.43. The van der Waals surface area contributed by atoms with Gasteiger partial charge in [-0.25, -0.2) is 4.79 Å². The second-order valence-corrected chi connectivity index (χ2v) is 4.59. The molecule has 1 N–H and O–H groups in total. The lowest BCUT2D eigenvalue weighted by Crippen LogP contribution is -2.13. The Morgan fingerprint density at radius 3 is 2.89 bits per heavy atom. The number of Topliss-reactive ketones (excluding diaryl/α,β-unsaturated/α-hetero) is 1. The largest absolute Gasteiger partial charge is 0.477 e. The van der Waals surface area contributed by atoms with Crippen molar-refractivity contribution < 1.29 is 19.4 Å². The molecule has 5 heteroatoms. The predicted octanol–water partition coefficient (Wildman–Crippen LogP) is 1.96. The number of carboxylic acids is 1. The first kappa shape index (κ1) is 12.8. The number of aromatic carboxylic acids is 1. The van der Waals surface area contributed by atoms with Crippen molar-refractivity contribution in [3.63, 3.8) is 0 Å². The Bertz CT molecular complexity index is 458. The van der Waals surface area contributed by atoms with Crippen molar-refractivity contribution in [1.82, 2.24) is 4.57 Å². The van der Waals surface area contributed by atoms with Crippen LogP contribution in [-0.4, -0.2) is 34.1 Å². The highest BCUT2D eigenvalue weighted by Gasteiger charge is 2.18. The number of aryl methyl sites for hydroxylation is 1. The second-order valence-electron chi connectivity index (χ2n) is 4.59. The van der Waals surface area contributed by atoms with Gasteiger partial charge in [0, 0.05) is 24.9 Å². The van der Waals surface area contributed by atoms with E-state index in [1.807, 2.05) is 0 Å². The van der Waals surface area contributed by atoms with Gasteiger partial charge in [0.05, 0.1) is 6.10 Å². The van der Waals surface area contributed by atoms with E-state index in [0.717, 1.165) is 25.9 Å². The van der Waals surface area contributed by atoms with E-state index in [9.17, 15) is 9.59 Å². The van der Waals surface area contributed by atoms with Crippen LogP contribution >= 0.6 is 0 Å². The highest BCUT2D eigenvalue weighted by Crippen LogP contribution is 2.18. The highest BCUT2D eigenvalue weighted by atomic mass is 16.5. The molecule has 1 saturated heterocycles. The zero-order valence-corrected chi connectivity index (χ0v) is 10.4. The van der Waals surface area contributed by atoms with Crippen LogP contribution in [0.4, 0.5) is 0 Å². The molecule has 0 amide bonds. The van der Waals surface area contributed by atoms with Crippen molar-refractivity contribution >= 4 is 11.8 Å². The Hall–Kier alpha value is -1.62. The molecular formula is C13H17NO4. The number of nitrogens with zero attached hydrogens (tertiary/aromatic N) is 1. The van der Waals surface area contributed by atoms with Gasteiger partial charge in [-0.1, -0.05) is 0 Å². The maximum atomic E-state index is 11.3. The standard InChI is InChI=1S/C13H17NO4/c1-9(15)10-7-12(13(16)17)14(8-10)5-4-11-3-2-6-18-11/h7-8,11H,2-6H2,1H3,(H,16,17). The molecule has 0 saturated carbocycles. The van der Waals surface area contributed by atoms with E-state index in [4.69, 9.17) is 9.84 Å². The van der Waals surface area contributed by atoms with Gasteiger partial charge in [0.25, 0.3) is 0 Å². The van der Waals surface area contributed by atoms with Crippen LogP contribution in [0.3, 0.4) is 0 Å². The average Bonchev–Trinajstić information content (AvgIpc) is 2.95. The van der Waals surface area contributed by atoms with Crippen LogP contribution in [0.1, 0.15) is 47.0 Å². The quantitative estimate of drug-likeness (QED) is 0.812. The summed E-state index contributed by atoms with van der Waals surface area (Å²) in [6.45, 7) is 2.80. The van der Waals surface area contributed by atoms with Gasteiger partial charge in [0.2, 0.25) is 0 Å². The monoisotopic (exact) mass is 251 g/mol. The SMILES string of the molecule is CC(=O)c1cc(C(=O)O)n(CCC2CCCO2)c1. The summed E-state index contributed by atoms with van der Waals surface area (Å²) in [4.78, 5) is 22.4. The molecule has 0 spiro atoms. The second kappa shape index (κ2) is 5.35. The molecule has 1 aromatic rings. The Kier molecular flexibility index (Phi) is 3.81. The number of carbonyl (C=O) groups is 2. The normalized spacial score (nSPS) is 19.1. The maximum absolute atomic E-state index is 11.3. The molecule has 0 aliphatic carbocycles. The number of hydrogen-bond acceptors (Lipinski definition) is 3. The molecule has 0 radical (unpaired) electrons. The van der Waals surface area contributed by atoms with Gasteiger partial charge < -0.3 is 14.4 Å². The molecular weight excluding hydrogens is 234 g/mol. The van der Waals surface area contributed by atoms with Crippen molar-refractivity contribution in [2.45, 2.75) is 38.8 Å². The van der Waals surface area contributed by atoms with Gasteiger partial charge in [0.1, 0.15) is 5.69 Å². The predicted molar refractivity (Wildman–Crippen MR) is 65.0 cm³/mol. The third-order valence-corrected chi connectivity index (χ3v) is 3.24. The van der Waals surface area contributed by atoms with Crippen LogP contribution < -0.4 is 0 Å². The number of rotatable bonds is 5. The number of carboxylic acid groups (broad SMARTS) is 1. The summed E-state index contributed by atoms with van der Waals surface area (Å²) >= 11 is 0. The van der Waals surface area contributed by atoms with E-state index >= 15 is 0 Å². The Labute approximate surface area is 105 Å². The third-order valence-electron chi connectivity index (χ3n) is 3.24. The fourth-order valence-electron chi connectivity index (χ4n) is 2.22. The van der Waals surface area contributed by atoms with Crippen LogP contribution in [0.25, 0.3) is 0 Å². The lowest BCUT2D eigenvalue weighted by molar-refractivity contribution is 0.0679. The van der Waals surface area contributed by atoms with Crippen molar-refractivity contribution in [1.29, 1.82) is 0 Å². The summed E-state index contributed by atoms with van der Waals surface area (Å²) in [6.07, 6.45) is 4.71. The molecule has 98 valence electrons. The first-order chi connectivity index (χ1) is 8.58. The number of aromatic nitrogens is 1. The summed E-state index contributed by atoms with van der Waals surface area (Å²) < 4.78 is 7.13. The van der Waals surface area contributed by atoms with Gasteiger partial charge in [0.15, 0.2) is 5.78 Å². The summed E-state index contributed by atoms with van der Waals surface area (Å²) in [7, 11) is 0. The first-order valence-corrected chi connectivity index (χ1v) is 6.14. The third kappa shape index (κ3) is 2.79. The van der Waals surface area contributed by atoms with Gasteiger partial charge in [-0.3, -0.25) is 4.79 Å². The lowest BCUT2D eigenvalue weighted by Gasteiger charge is -2.11. The molecule has 2 rings (SSSR count). The molecule has 0 aromatic carbocycles. The van der Waals surface area contributed by atoms with E-state index in [2.05, 4.69) is 0 Å². The van der Waals surface area contributed by atoms with E-state index in [1.165, 1.54) is 13.0 Å². The van der Waals surface area contributed by atoms with Crippen molar-refractivity contribution in [2.75, 3.05) is 6.61 Å². The zero-order valence-electron chi connectivity index (χ0n) is 10.4. The molecule has 0 bridgehead atoms. The number of hydrogen-bond donors (Lipinski definition) is 1. The smallest absolute Gasteiger partial charge is 0.352 e. The van der Waals surface area contributed by atoms with Crippen molar-refractivity contribution in [3.8, 4) is 0 Å². The maximum Gasteiger partial charge on any atom is 0.352 e. The summed E-state index contributed by atoms with van der Waals surface area (Å²) in [5.74, 6) is -1.12. The Morgan fingerprint density at radius 2 is 2.33 bits per heavy atom. The molecule has 1 aliphatic rings. The Morgan fingerprint density at radius 1 is 1.56 bits per heavy atom. The van der Waals surface area contributed by atoms with Crippen LogP contribution in [0, 0.1) is 0 Å². The summed E-state index contributed by atoms with van der Waals surface area (Å²) in [5, 5.41) is 9.09. The van der Waals surface area contributed by atoms with E-state index in [0.29, 0.717) is 12.1 Å². The van der Waals surface area contributed by atoms with Gasteiger partial charge in [-0.15, -0.1) is 0 Å². The van der Waals surface area contributed by atoms with E-state index in [1.54, 1.807) is 10.8 Å². The topological polar surface area (TPSA) is 68.5 Å². The van der Waals surface area contributed by atoms with Crippen LogP contribution in [-0.2, 0) is 11.3 Å². The molecule has 18 heavy (non-hydrogen) atoms. The van der Waals surface area contributed by atoms with E-state index < -0.39 is 5.97 Å². The fraction of sp³-hybridized carbons (Fsp3) is 0.538. The molecule has 1 fully saturated rings. The van der Waals surface area contributed by atoms with Gasteiger partial charge in [-0.05, 0) is 32.3 Å². The van der Waals surface area contributed by atoms with E-state index in [-0.39, 0.29) is 17.6 Å². The molecule has 1 unspecified atom stereocenters. The molecule has 2 heterocycles. The molecule has 1 aromatic heterocycles. The Balaban J connectivity index is 2.09. The van der Waals surface area contributed by atoms with Crippen molar-refractivity contribution in [3.05, 3.63) is 23.5 Å². The number of ether oxygens (including phenoxy) is 1. The van der Waals surface area contributed by atoms with Gasteiger partial charge >= 0.3 is 5.97 Å². The number of carbonyl (C=O) groups excluding carboxylic acids is 1. The fourth-order valence-corrected chi connectivity index (χ4v) is 2.22. The van der Waals surface area contributed by atoms with Gasteiger partial charge in [-0.2, -0.15) is 0 Å². The average molecular weight is 251 g/mol. The minimum atomic E-state index is -1.00. The van der Waals surface area contributed by atoms with Crippen LogP contribution in [0.2, 0.25) is 0 Å². The number of ketones is 1. The van der Waals surface area contributed by atoms with Crippen LogP contribution in [0.15, 0.2) is 12.3 Å². The minimum absolute atomic E-state index is 0.117. The van der Waals surface area contributed by atoms with Crippen LogP contribution in [0.5, 0.6) is 0 Å². The lowest BCUT2D eigenvalue weighted by atomic mass is 10.2. The van der Waals surface area contributed by atoms with Crippen molar-refractivity contribution in [2.24, 2.45) is 0 Å². The molecule has 1 atom stereocenters. The molecule has 1 aliphatic heterocycles. The first-order valence-electron chi connectivity index (χ1n) is 6.14. The summed E-state index contributed by atoms with van der Waals surface area (Å²) in [5.41, 5.74) is 0.609. The highest BCUT2D eigenvalue weighted by molar-refractivity contribution is 5.97. The molecule has 5 nitrogen and oxygen atoms in total. The zero-order chi connectivity index (χ0) is 13.1.